The summed E-state index contributed by atoms with van der Waals surface area (Å²) in [6, 6.07) is 9.11. The van der Waals surface area contributed by atoms with Gasteiger partial charge in [-0.1, -0.05) is 25.1 Å². The predicted molar refractivity (Wildman–Crippen MR) is 99.1 cm³/mol. The molecule has 0 saturated carbocycles. The number of carboxylic acids is 1. The maximum absolute atomic E-state index is 12.4. The molecule has 1 aliphatic rings. The minimum absolute atomic E-state index is 0.00512. The Morgan fingerprint density at radius 2 is 2.04 bits per heavy atom. The molecular weight excluding hydrogens is 348 g/mol. The van der Waals surface area contributed by atoms with Gasteiger partial charge in [-0.05, 0) is 24.5 Å². The van der Waals surface area contributed by atoms with Gasteiger partial charge in [-0.15, -0.1) is 0 Å². The number of fused-ring (bicyclic) bond motifs is 1. The molecule has 0 aliphatic carbocycles. The zero-order valence-corrected chi connectivity index (χ0v) is 15.2. The average molecular weight is 370 g/mol. The SMILES string of the molecule is CCc1oc(C(=O)NCCCC(=O)N2CCc3ccccc32)cc1C(=O)O. The molecular formula is C20H22N2O5. The molecule has 0 saturated heterocycles. The number of hydrogen-bond acceptors (Lipinski definition) is 4. The molecule has 0 unspecified atom stereocenters. The van der Waals surface area contributed by atoms with Crippen LogP contribution in [0.15, 0.2) is 34.7 Å². The van der Waals surface area contributed by atoms with Crippen molar-refractivity contribution in [3.05, 3.63) is 53.0 Å². The number of carboxylic acid groups (broad SMARTS) is 1. The van der Waals surface area contributed by atoms with Crippen LogP contribution in [0.1, 0.15) is 52.0 Å². The van der Waals surface area contributed by atoms with Gasteiger partial charge in [0.15, 0.2) is 5.76 Å². The van der Waals surface area contributed by atoms with Crippen LogP contribution >= 0.6 is 0 Å². The molecule has 7 nitrogen and oxygen atoms in total. The second kappa shape index (κ2) is 8.07. The second-order valence-electron chi connectivity index (χ2n) is 6.39. The third-order valence-electron chi connectivity index (χ3n) is 4.63. The van der Waals surface area contributed by atoms with Crippen molar-refractivity contribution in [2.24, 2.45) is 0 Å². The fraction of sp³-hybridized carbons (Fsp3) is 0.350. The fourth-order valence-electron chi connectivity index (χ4n) is 3.25. The van der Waals surface area contributed by atoms with Crippen LogP contribution in [-0.2, 0) is 17.6 Å². The Morgan fingerprint density at radius 3 is 2.74 bits per heavy atom. The summed E-state index contributed by atoms with van der Waals surface area (Å²) in [5.74, 6) is -1.31. The summed E-state index contributed by atoms with van der Waals surface area (Å²) < 4.78 is 5.32. The maximum atomic E-state index is 12.4. The second-order valence-corrected chi connectivity index (χ2v) is 6.39. The summed E-state index contributed by atoms with van der Waals surface area (Å²) >= 11 is 0. The number of anilines is 1. The number of nitrogens with one attached hydrogen (secondary N) is 1. The lowest BCUT2D eigenvalue weighted by atomic mass is 10.2. The molecule has 2 amide bonds. The van der Waals surface area contributed by atoms with Gasteiger partial charge in [-0.3, -0.25) is 9.59 Å². The smallest absolute Gasteiger partial charge is 0.339 e. The number of carbonyl (C=O) groups is 3. The number of benzene rings is 1. The number of rotatable bonds is 7. The lowest BCUT2D eigenvalue weighted by molar-refractivity contribution is -0.118. The van der Waals surface area contributed by atoms with E-state index in [9.17, 15) is 14.4 Å². The average Bonchev–Trinajstić information content (AvgIpc) is 3.29. The molecule has 27 heavy (non-hydrogen) atoms. The standard InChI is InChI=1S/C20H22N2O5/c1-2-16-14(20(25)26)12-17(27-16)19(24)21-10-5-8-18(23)22-11-9-13-6-3-4-7-15(13)22/h3-4,6-7,12H,2,5,8-11H2,1H3,(H,21,24)(H,25,26). The number of aryl methyl sites for hydroxylation is 1. The van der Waals surface area contributed by atoms with E-state index in [-0.39, 0.29) is 23.0 Å². The van der Waals surface area contributed by atoms with E-state index in [2.05, 4.69) is 5.32 Å². The monoisotopic (exact) mass is 370 g/mol. The molecule has 2 aromatic rings. The maximum Gasteiger partial charge on any atom is 0.339 e. The van der Waals surface area contributed by atoms with Gasteiger partial charge in [0.1, 0.15) is 11.3 Å². The highest BCUT2D eigenvalue weighted by molar-refractivity contribution is 5.97. The van der Waals surface area contributed by atoms with Gasteiger partial charge < -0.3 is 19.7 Å². The van der Waals surface area contributed by atoms with E-state index in [0.29, 0.717) is 32.4 Å². The lowest BCUT2D eigenvalue weighted by Crippen LogP contribution is -2.30. The van der Waals surface area contributed by atoms with E-state index in [1.54, 1.807) is 11.8 Å². The van der Waals surface area contributed by atoms with E-state index in [4.69, 9.17) is 9.52 Å². The van der Waals surface area contributed by atoms with Gasteiger partial charge in [-0.25, -0.2) is 4.79 Å². The van der Waals surface area contributed by atoms with Gasteiger partial charge >= 0.3 is 5.97 Å². The Labute approximate surface area is 157 Å². The molecule has 0 radical (unpaired) electrons. The number of aromatic carboxylic acids is 1. The van der Waals surface area contributed by atoms with Gasteiger partial charge in [0, 0.05) is 37.7 Å². The van der Waals surface area contributed by atoms with Crippen molar-refractivity contribution >= 4 is 23.5 Å². The Balaban J connectivity index is 1.48. The van der Waals surface area contributed by atoms with Crippen LogP contribution < -0.4 is 10.2 Å². The van der Waals surface area contributed by atoms with Crippen LogP contribution in [0.2, 0.25) is 0 Å². The van der Waals surface area contributed by atoms with Crippen LogP contribution in [0.5, 0.6) is 0 Å². The molecule has 3 rings (SSSR count). The first-order chi connectivity index (χ1) is 13.0. The summed E-state index contributed by atoms with van der Waals surface area (Å²) in [5.41, 5.74) is 2.15. The van der Waals surface area contributed by atoms with Gasteiger partial charge in [-0.2, -0.15) is 0 Å². The van der Waals surface area contributed by atoms with E-state index >= 15 is 0 Å². The molecule has 0 fully saturated rings. The Hall–Kier alpha value is -3.09. The largest absolute Gasteiger partial charge is 0.478 e. The predicted octanol–water partition coefficient (Wildman–Crippen LogP) is 2.64. The quantitative estimate of drug-likeness (QED) is 0.730. The lowest BCUT2D eigenvalue weighted by Gasteiger charge is -2.17. The van der Waals surface area contributed by atoms with E-state index in [0.717, 1.165) is 12.1 Å². The summed E-state index contributed by atoms with van der Waals surface area (Å²) in [6.45, 7) is 2.76. The molecule has 1 aromatic carbocycles. The van der Waals surface area contributed by atoms with Crippen molar-refractivity contribution in [2.45, 2.75) is 32.6 Å². The van der Waals surface area contributed by atoms with Crippen LogP contribution in [0.3, 0.4) is 0 Å². The summed E-state index contributed by atoms with van der Waals surface area (Å²) in [7, 11) is 0. The van der Waals surface area contributed by atoms with Gasteiger partial charge in [0.05, 0.1) is 0 Å². The molecule has 7 heteroatoms. The minimum atomic E-state index is -1.12. The highest BCUT2D eigenvalue weighted by Crippen LogP contribution is 2.28. The van der Waals surface area contributed by atoms with E-state index in [1.807, 2.05) is 24.3 Å². The third-order valence-corrected chi connectivity index (χ3v) is 4.63. The fourth-order valence-corrected chi connectivity index (χ4v) is 3.25. The summed E-state index contributed by atoms with van der Waals surface area (Å²) in [6.07, 6.45) is 2.08. The summed E-state index contributed by atoms with van der Waals surface area (Å²) in [4.78, 5) is 37.5. The number of amides is 2. The number of hydrogen-bond donors (Lipinski definition) is 2. The number of nitrogens with zero attached hydrogens (tertiary/aromatic N) is 1. The third kappa shape index (κ3) is 4.02. The molecule has 0 spiro atoms. The molecule has 142 valence electrons. The first-order valence-corrected chi connectivity index (χ1v) is 9.03. The molecule has 0 bridgehead atoms. The van der Waals surface area contributed by atoms with Crippen LogP contribution in [-0.4, -0.2) is 36.0 Å². The molecule has 2 N–H and O–H groups in total. The molecule has 2 heterocycles. The van der Waals surface area contributed by atoms with Crippen LogP contribution in [0.25, 0.3) is 0 Å². The zero-order valence-electron chi connectivity index (χ0n) is 15.2. The first-order valence-electron chi connectivity index (χ1n) is 9.03. The van der Waals surface area contributed by atoms with Crippen molar-refractivity contribution in [2.75, 3.05) is 18.0 Å². The zero-order chi connectivity index (χ0) is 19.4. The van der Waals surface area contributed by atoms with Crippen molar-refractivity contribution in [3.63, 3.8) is 0 Å². The molecule has 0 atom stereocenters. The highest BCUT2D eigenvalue weighted by atomic mass is 16.4. The topological polar surface area (TPSA) is 99.9 Å². The Bertz CT molecular complexity index is 871. The highest BCUT2D eigenvalue weighted by Gasteiger charge is 2.24. The van der Waals surface area contributed by atoms with E-state index < -0.39 is 11.9 Å². The molecule has 1 aromatic heterocycles. The summed E-state index contributed by atoms with van der Waals surface area (Å²) in [5, 5.41) is 11.8. The van der Waals surface area contributed by atoms with Gasteiger partial charge in [0.25, 0.3) is 5.91 Å². The van der Waals surface area contributed by atoms with Crippen molar-refractivity contribution in [1.82, 2.24) is 5.32 Å². The number of para-hydroxylation sites is 1. The van der Waals surface area contributed by atoms with Crippen molar-refractivity contribution in [1.29, 1.82) is 0 Å². The molecule has 1 aliphatic heterocycles. The van der Waals surface area contributed by atoms with Crippen molar-refractivity contribution < 1.29 is 23.9 Å². The van der Waals surface area contributed by atoms with Crippen LogP contribution in [0.4, 0.5) is 5.69 Å². The normalized spacial score (nSPS) is 12.7. The van der Waals surface area contributed by atoms with Crippen LogP contribution in [0, 0.1) is 0 Å². The Morgan fingerprint density at radius 1 is 1.26 bits per heavy atom. The van der Waals surface area contributed by atoms with Gasteiger partial charge in [0.2, 0.25) is 5.91 Å². The number of furan rings is 1. The first kappa shape index (κ1) is 18.7. The Kier molecular flexibility index (Phi) is 5.59. The minimum Gasteiger partial charge on any atom is -0.478 e. The van der Waals surface area contributed by atoms with Crippen molar-refractivity contribution in [3.8, 4) is 0 Å². The van der Waals surface area contributed by atoms with E-state index in [1.165, 1.54) is 11.6 Å². The number of carbonyl (C=O) groups excluding carboxylic acids is 2.